The van der Waals surface area contributed by atoms with Gasteiger partial charge < -0.3 is 15.0 Å². The predicted molar refractivity (Wildman–Crippen MR) is 133 cm³/mol. The van der Waals surface area contributed by atoms with Crippen molar-refractivity contribution in [1.29, 1.82) is 0 Å². The molecule has 3 rings (SSSR count). The highest BCUT2D eigenvalue weighted by molar-refractivity contribution is 6.31. The van der Waals surface area contributed by atoms with Crippen LogP contribution in [0.4, 0.5) is 0 Å². The molecule has 33 heavy (non-hydrogen) atoms. The van der Waals surface area contributed by atoms with Crippen LogP contribution in [-0.4, -0.2) is 35.4 Å². The van der Waals surface area contributed by atoms with Crippen molar-refractivity contribution in [2.75, 3.05) is 6.61 Å². The third kappa shape index (κ3) is 6.97. The second kappa shape index (κ2) is 12.1. The smallest absolute Gasteiger partial charge is 0.261 e. The lowest BCUT2D eigenvalue weighted by atomic mass is 9.95. The fourth-order valence-corrected chi connectivity index (χ4v) is 4.49. The number of nitrogens with zero attached hydrogens (tertiary/aromatic N) is 1. The Hall–Kier alpha value is -2.53. The first kappa shape index (κ1) is 25.1. The summed E-state index contributed by atoms with van der Waals surface area (Å²) in [5.41, 5.74) is 3.00. The third-order valence-electron chi connectivity index (χ3n) is 6.43. The van der Waals surface area contributed by atoms with Gasteiger partial charge in [-0.05, 0) is 68.0 Å². The Morgan fingerprint density at radius 3 is 2.48 bits per heavy atom. The van der Waals surface area contributed by atoms with Crippen molar-refractivity contribution < 1.29 is 14.3 Å². The summed E-state index contributed by atoms with van der Waals surface area (Å²) in [6.45, 7) is 6.09. The highest BCUT2D eigenvalue weighted by atomic mass is 35.5. The minimum atomic E-state index is -0.547. The minimum Gasteiger partial charge on any atom is -0.484 e. The van der Waals surface area contributed by atoms with Gasteiger partial charge in [-0.2, -0.15) is 0 Å². The van der Waals surface area contributed by atoms with E-state index in [-0.39, 0.29) is 24.5 Å². The molecule has 1 saturated carbocycles. The number of hydrogen-bond donors (Lipinski definition) is 1. The van der Waals surface area contributed by atoms with Crippen LogP contribution in [0.25, 0.3) is 0 Å². The van der Waals surface area contributed by atoms with Crippen molar-refractivity contribution >= 4 is 23.4 Å². The Balaban J connectivity index is 1.77. The van der Waals surface area contributed by atoms with Crippen LogP contribution >= 0.6 is 11.6 Å². The Morgan fingerprint density at radius 1 is 1.09 bits per heavy atom. The summed E-state index contributed by atoms with van der Waals surface area (Å²) >= 11 is 6.10. The second-order valence-electron chi connectivity index (χ2n) is 8.92. The normalized spacial score (nSPS) is 15.0. The maximum atomic E-state index is 13.4. The molecule has 1 atom stereocenters. The number of hydrogen-bond acceptors (Lipinski definition) is 3. The Morgan fingerprint density at radius 2 is 1.82 bits per heavy atom. The van der Waals surface area contributed by atoms with Crippen molar-refractivity contribution in [3.8, 4) is 5.75 Å². The molecule has 0 radical (unpaired) electrons. The van der Waals surface area contributed by atoms with Gasteiger partial charge in [-0.15, -0.1) is 0 Å². The molecule has 0 saturated heterocycles. The predicted octanol–water partition coefficient (Wildman–Crippen LogP) is 5.59. The second-order valence-corrected chi connectivity index (χ2v) is 9.32. The van der Waals surface area contributed by atoms with E-state index in [0.29, 0.717) is 23.7 Å². The number of amides is 2. The number of benzene rings is 2. The van der Waals surface area contributed by atoms with Crippen LogP contribution in [0.5, 0.6) is 5.75 Å². The van der Waals surface area contributed by atoms with E-state index in [1.807, 2.05) is 51.1 Å². The molecule has 6 heteroatoms. The molecule has 2 amide bonds. The van der Waals surface area contributed by atoms with Crippen molar-refractivity contribution in [3.63, 3.8) is 0 Å². The van der Waals surface area contributed by atoms with Crippen LogP contribution in [0.15, 0.2) is 42.5 Å². The molecule has 0 aromatic heterocycles. The van der Waals surface area contributed by atoms with Gasteiger partial charge in [0.15, 0.2) is 6.61 Å². The van der Waals surface area contributed by atoms with Crippen LogP contribution in [0, 0.1) is 13.8 Å². The molecule has 2 aromatic carbocycles. The molecule has 1 N–H and O–H groups in total. The zero-order valence-corrected chi connectivity index (χ0v) is 20.7. The lowest BCUT2D eigenvalue weighted by Gasteiger charge is -2.33. The molecule has 0 bridgehead atoms. The van der Waals surface area contributed by atoms with Gasteiger partial charge in [0.2, 0.25) is 5.91 Å². The first-order chi connectivity index (χ1) is 15.9. The Labute approximate surface area is 202 Å². The van der Waals surface area contributed by atoms with Crippen LogP contribution in [-0.2, 0) is 16.1 Å². The van der Waals surface area contributed by atoms with Gasteiger partial charge in [-0.3, -0.25) is 9.59 Å². The molecule has 5 nitrogen and oxygen atoms in total. The summed E-state index contributed by atoms with van der Waals surface area (Å²) in [5.74, 6) is 0.297. The zero-order valence-electron chi connectivity index (χ0n) is 19.9. The van der Waals surface area contributed by atoms with Crippen molar-refractivity contribution in [3.05, 3.63) is 64.2 Å². The monoisotopic (exact) mass is 470 g/mol. The first-order valence-corrected chi connectivity index (χ1v) is 12.3. The third-order valence-corrected chi connectivity index (χ3v) is 6.86. The lowest BCUT2D eigenvalue weighted by Crippen LogP contribution is -2.52. The van der Waals surface area contributed by atoms with E-state index in [0.717, 1.165) is 42.4 Å². The summed E-state index contributed by atoms with van der Waals surface area (Å²) in [4.78, 5) is 28.3. The fraction of sp³-hybridized carbons (Fsp3) is 0.481. The Kier molecular flexibility index (Phi) is 9.19. The van der Waals surface area contributed by atoms with E-state index < -0.39 is 6.04 Å². The van der Waals surface area contributed by atoms with Gasteiger partial charge in [0.05, 0.1) is 0 Å². The number of nitrogens with one attached hydrogen (secondary N) is 1. The fourth-order valence-electron chi connectivity index (χ4n) is 4.37. The maximum Gasteiger partial charge on any atom is 0.261 e. The number of ether oxygens (including phenoxy) is 1. The first-order valence-electron chi connectivity index (χ1n) is 11.9. The van der Waals surface area contributed by atoms with E-state index in [9.17, 15) is 9.59 Å². The SMILES string of the molecule is CC[C@H](C(=O)NC1CCCCC1)N(Cc1ccccc1C)C(=O)COc1ccc(Cl)c(C)c1. The molecule has 0 unspecified atom stereocenters. The summed E-state index contributed by atoms with van der Waals surface area (Å²) in [6, 6.07) is 12.9. The summed E-state index contributed by atoms with van der Waals surface area (Å²) in [5, 5.41) is 3.86. The standard InChI is InChI=1S/C27H35ClN2O3/c1-4-25(27(32)29-22-12-6-5-7-13-22)30(17-21-11-9-8-10-19(21)2)26(31)18-33-23-14-15-24(28)20(3)16-23/h8-11,14-16,22,25H,4-7,12-13,17-18H2,1-3H3,(H,29,32)/t25-/m1/s1. The topological polar surface area (TPSA) is 58.6 Å². The number of aryl methyl sites for hydroxylation is 2. The van der Waals surface area contributed by atoms with Gasteiger partial charge in [-0.25, -0.2) is 0 Å². The van der Waals surface area contributed by atoms with Crippen LogP contribution in [0.2, 0.25) is 5.02 Å². The average molecular weight is 471 g/mol. The van der Waals surface area contributed by atoms with E-state index >= 15 is 0 Å². The average Bonchev–Trinajstić information content (AvgIpc) is 2.81. The quantitative estimate of drug-likeness (QED) is 0.519. The van der Waals surface area contributed by atoms with Gasteiger partial charge in [0.1, 0.15) is 11.8 Å². The van der Waals surface area contributed by atoms with E-state index in [2.05, 4.69) is 5.32 Å². The zero-order chi connectivity index (χ0) is 23.8. The highest BCUT2D eigenvalue weighted by Gasteiger charge is 2.30. The summed E-state index contributed by atoms with van der Waals surface area (Å²) in [6.07, 6.45) is 6.06. The van der Waals surface area contributed by atoms with Crippen molar-refractivity contribution in [2.24, 2.45) is 0 Å². The van der Waals surface area contributed by atoms with Gasteiger partial charge in [0, 0.05) is 17.6 Å². The van der Waals surface area contributed by atoms with E-state index in [1.54, 1.807) is 17.0 Å². The molecule has 0 spiro atoms. The number of rotatable bonds is 9. The summed E-state index contributed by atoms with van der Waals surface area (Å²) in [7, 11) is 0. The molecule has 1 aliphatic carbocycles. The van der Waals surface area contributed by atoms with Crippen LogP contribution < -0.4 is 10.1 Å². The molecule has 1 fully saturated rings. The largest absolute Gasteiger partial charge is 0.484 e. The van der Waals surface area contributed by atoms with Crippen molar-refractivity contribution in [2.45, 2.75) is 77.9 Å². The molecule has 0 aliphatic heterocycles. The summed E-state index contributed by atoms with van der Waals surface area (Å²) < 4.78 is 5.80. The van der Waals surface area contributed by atoms with Gasteiger partial charge >= 0.3 is 0 Å². The Bertz CT molecular complexity index is 956. The molecular formula is C27H35ClN2O3. The molecule has 1 aliphatic rings. The van der Waals surface area contributed by atoms with Crippen molar-refractivity contribution in [1.82, 2.24) is 10.2 Å². The molecule has 0 heterocycles. The molecule has 2 aromatic rings. The van der Waals surface area contributed by atoms with Crippen LogP contribution in [0.1, 0.15) is 62.1 Å². The number of carbonyl (C=O) groups is 2. The minimum absolute atomic E-state index is 0.0753. The van der Waals surface area contributed by atoms with E-state index in [1.165, 1.54) is 6.42 Å². The van der Waals surface area contributed by atoms with Gasteiger partial charge in [-0.1, -0.05) is 62.1 Å². The van der Waals surface area contributed by atoms with E-state index in [4.69, 9.17) is 16.3 Å². The molecule has 178 valence electrons. The maximum absolute atomic E-state index is 13.4. The highest BCUT2D eigenvalue weighted by Crippen LogP contribution is 2.22. The number of carbonyl (C=O) groups excluding carboxylic acids is 2. The van der Waals surface area contributed by atoms with Gasteiger partial charge in [0.25, 0.3) is 5.91 Å². The lowest BCUT2D eigenvalue weighted by molar-refractivity contribution is -0.143. The molecular weight excluding hydrogens is 436 g/mol. The van der Waals surface area contributed by atoms with Crippen LogP contribution in [0.3, 0.4) is 0 Å². The number of halogens is 1.